The second-order valence-electron chi connectivity index (χ2n) is 3.33. The summed E-state index contributed by atoms with van der Waals surface area (Å²) in [5, 5.41) is 0.573. The van der Waals surface area contributed by atoms with Gasteiger partial charge in [-0.2, -0.15) is 11.8 Å². The molecule has 1 aliphatic rings. The second kappa shape index (κ2) is 5.50. The highest BCUT2D eigenvalue weighted by Crippen LogP contribution is 2.33. The summed E-state index contributed by atoms with van der Waals surface area (Å²) in [6, 6.07) is 0. The van der Waals surface area contributed by atoms with Crippen molar-refractivity contribution in [3.8, 4) is 0 Å². The van der Waals surface area contributed by atoms with Gasteiger partial charge in [0.2, 0.25) is 0 Å². The number of ether oxygens (including phenoxy) is 1. The average molecular weight is 203 g/mol. The standard InChI is InChI=1S/C9H17NO2S/c1-12-9(11)5-7(6-10)8-3-2-4-13-8/h7-8H,2-6,10H2,1H3. The first kappa shape index (κ1) is 10.9. The summed E-state index contributed by atoms with van der Waals surface area (Å²) >= 11 is 1.94. The van der Waals surface area contributed by atoms with E-state index in [1.807, 2.05) is 11.8 Å². The van der Waals surface area contributed by atoms with Gasteiger partial charge in [-0.15, -0.1) is 0 Å². The molecule has 0 bridgehead atoms. The van der Waals surface area contributed by atoms with E-state index in [2.05, 4.69) is 4.74 Å². The summed E-state index contributed by atoms with van der Waals surface area (Å²) in [5.74, 6) is 1.38. The molecule has 1 rings (SSSR count). The fourth-order valence-corrected chi connectivity index (χ4v) is 3.09. The van der Waals surface area contributed by atoms with Crippen LogP contribution in [0.2, 0.25) is 0 Å². The largest absolute Gasteiger partial charge is 0.469 e. The molecule has 13 heavy (non-hydrogen) atoms. The summed E-state index contributed by atoms with van der Waals surface area (Å²) in [5.41, 5.74) is 5.63. The lowest BCUT2D eigenvalue weighted by Gasteiger charge is -2.19. The summed E-state index contributed by atoms with van der Waals surface area (Å²) in [6.07, 6.45) is 2.93. The molecule has 0 aromatic carbocycles. The van der Waals surface area contributed by atoms with Gasteiger partial charge in [-0.1, -0.05) is 0 Å². The summed E-state index contributed by atoms with van der Waals surface area (Å²) in [7, 11) is 1.43. The molecule has 0 radical (unpaired) electrons. The number of thioether (sulfide) groups is 1. The van der Waals surface area contributed by atoms with Crippen LogP contribution in [0.5, 0.6) is 0 Å². The van der Waals surface area contributed by atoms with E-state index < -0.39 is 0 Å². The molecule has 0 aliphatic carbocycles. The predicted octanol–water partition coefficient (Wildman–Crippen LogP) is 1.02. The summed E-state index contributed by atoms with van der Waals surface area (Å²) in [4.78, 5) is 11.1. The molecule has 4 heteroatoms. The lowest BCUT2D eigenvalue weighted by Crippen LogP contribution is -2.27. The van der Waals surface area contributed by atoms with Gasteiger partial charge in [0.15, 0.2) is 0 Å². The van der Waals surface area contributed by atoms with Crippen molar-refractivity contribution < 1.29 is 9.53 Å². The van der Waals surface area contributed by atoms with Crippen molar-refractivity contribution in [1.82, 2.24) is 0 Å². The van der Waals surface area contributed by atoms with Crippen molar-refractivity contribution in [2.24, 2.45) is 11.7 Å². The first-order valence-corrected chi connectivity index (χ1v) is 5.71. The number of rotatable bonds is 4. The number of carbonyl (C=O) groups is 1. The smallest absolute Gasteiger partial charge is 0.305 e. The highest BCUT2D eigenvalue weighted by Gasteiger charge is 2.26. The third-order valence-corrected chi connectivity index (χ3v) is 4.02. The van der Waals surface area contributed by atoms with Gasteiger partial charge in [0, 0.05) is 5.25 Å². The van der Waals surface area contributed by atoms with Crippen LogP contribution in [0.4, 0.5) is 0 Å². The van der Waals surface area contributed by atoms with E-state index in [0.717, 1.165) is 0 Å². The van der Waals surface area contributed by atoms with E-state index in [1.165, 1.54) is 25.7 Å². The molecular formula is C9H17NO2S. The van der Waals surface area contributed by atoms with Crippen molar-refractivity contribution in [3.63, 3.8) is 0 Å². The number of methoxy groups -OCH3 is 1. The first-order chi connectivity index (χ1) is 6.27. The highest BCUT2D eigenvalue weighted by atomic mass is 32.2. The SMILES string of the molecule is COC(=O)CC(CN)C1CCCS1. The van der Waals surface area contributed by atoms with Crippen molar-refractivity contribution in [2.75, 3.05) is 19.4 Å². The Bertz CT molecular complexity index is 169. The van der Waals surface area contributed by atoms with Gasteiger partial charge < -0.3 is 10.5 Å². The molecule has 2 atom stereocenters. The Morgan fingerprint density at radius 1 is 1.77 bits per heavy atom. The molecule has 2 unspecified atom stereocenters. The van der Waals surface area contributed by atoms with Crippen LogP contribution in [0.25, 0.3) is 0 Å². The van der Waals surface area contributed by atoms with Crippen LogP contribution in [-0.2, 0) is 9.53 Å². The van der Waals surface area contributed by atoms with Gasteiger partial charge >= 0.3 is 5.97 Å². The maximum atomic E-state index is 11.1. The Morgan fingerprint density at radius 2 is 2.54 bits per heavy atom. The molecule has 1 fully saturated rings. The minimum Gasteiger partial charge on any atom is -0.469 e. The quantitative estimate of drug-likeness (QED) is 0.693. The molecule has 0 saturated carbocycles. The summed E-state index contributed by atoms with van der Waals surface area (Å²) < 4.78 is 4.64. The zero-order chi connectivity index (χ0) is 9.68. The molecule has 0 aromatic heterocycles. The normalized spacial score (nSPS) is 24.3. The third-order valence-electron chi connectivity index (χ3n) is 2.45. The Hall–Kier alpha value is -0.220. The number of hydrogen-bond acceptors (Lipinski definition) is 4. The Labute approximate surface area is 83.4 Å². The van der Waals surface area contributed by atoms with E-state index in [9.17, 15) is 4.79 Å². The average Bonchev–Trinajstić information content (AvgIpc) is 2.66. The minimum absolute atomic E-state index is 0.136. The Morgan fingerprint density at radius 3 is 3.00 bits per heavy atom. The molecule has 76 valence electrons. The van der Waals surface area contributed by atoms with Crippen LogP contribution in [0.1, 0.15) is 19.3 Å². The van der Waals surface area contributed by atoms with Gasteiger partial charge in [-0.05, 0) is 31.1 Å². The monoisotopic (exact) mass is 203 g/mol. The van der Waals surface area contributed by atoms with E-state index in [4.69, 9.17) is 5.73 Å². The van der Waals surface area contributed by atoms with Gasteiger partial charge in [0.25, 0.3) is 0 Å². The predicted molar refractivity (Wildman–Crippen MR) is 54.7 cm³/mol. The summed E-state index contributed by atoms with van der Waals surface area (Å²) in [6.45, 7) is 0.590. The molecule has 1 aliphatic heterocycles. The Kier molecular flexibility index (Phi) is 4.59. The molecule has 0 amide bonds. The highest BCUT2D eigenvalue weighted by molar-refractivity contribution is 8.00. The lowest BCUT2D eigenvalue weighted by atomic mass is 9.98. The topological polar surface area (TPSA) is 52.3 Å². The number of hydrogen-bond donors (Lipinski definition) is 1. The maximum Gasteiger partial charge on any atom is 0.305 e. The van der Waals surface area contributed by atoms with Crippen LogP contribution in [0, 0.1) is 5.92 Å². The van der Waals surface area contributed by atoms with E-state index in [0.29, 0.717) is 24.1 Å². The number of nitrogens with two attached hydrogens (primary N) is 1. The number of esters is 1. The van der Waals surface area contributed by atoms with E-state index in [1.54, 1.807) is 0 Å². The fourth-order valence-electron chi connectivity index (χ4n) is 1.64. The van der Waals surface area contributed by atoms with E-state index in [-0.39, 0.29) is 5.97 Å². The molecule has 2 N–H and O–H groups in total. The van der Waals surface area contributed by atoms with Crippen LogP contribution in [-0.4, -0.2) is 30.6 Å². The van der Waals surface area contributed by atoms with Crippen LogP contribution in [0.3, 0.4) is 0 Å². The van der Waals surface area contributed by atoms with Crippen LogP contribution < -0.4 is 5.73 Å². The molecular weight excluding hydrogens is 186 g/mol. The van der Waals surface area contributed by atoms with Crippen molar-refractivity contribution in [2.45, 2.75) is 24.5 Å². The zero-order valence-corrected chi connectivity index (χ0v) is 8.81. The molecule has 1 heterocycles. The minimum atomic E-state index is -0.136. The lowest BCUT2D eigenvalue weighted by molar-refractivity contribution is -0.141. The third kappa shape index (κ3) is 3.19. The Balaban J connectivity index is 2.37. The van der Waals surface area contributed by atoms with E-state index >= 15 is 0 Å². The molecule has 0 spiro atoms. The van der Waals surface area contributed by atoms with Gasteiger partial charge in [0.1, 0.15) is 0 Å². The first-order valence-electron chi connectivity index (χ1n) is 4.66. The zero-order valence-electron chi connectivity index (χ0n) is 7.99. The van der Waals surface area contributed by atoms with Gasteiger partial charge in [-0.3, -0.25) is 4.79 Å². The molecule has 0 aromatic rings. The second-order valence-corrected chi connectivity index (χ2v) is 4.67. The number of carbonyl (C=O) groups excluding carboxylic acids is 1. The van der Waals surface area contributed by atoms with Crippen molar-refractivity contribution in [3.05, 3.63) is 0 Å². The molecule has 3 nitrogen and oxygen atoms in total. The van der Waals surface area contributed by atoms with Gasteiger partial charge in [-0.25, -0.2) is 0 Å². The van der Waals surface area contributed by atoms with Gasteiger partial charge in [0.05, 0.1) is 13.5 Å². The van der Waals surface area contributed by atoms with Crippen LogP contribution >= 0.6 is 11.8 Å². The van der Waals surface area contributed by atoms with Crippen molar-refractivity contribution >= 4 is 17.7 Å². The molecule has 1 saturated heterocycles. The van der Waals surface area contributed by atoms with Crippen molar-refractivity contribution in [1.29, 1.82) is 0 Å². The maximum absolute atomic E-state index is 11.1. The fraction of sp³-hybridized carbons (Fsp3) is 0.889. The van der Waals surface area contributed by atoms with Crippen LogP contribution in [0.15, 0.2) is 0 Å².